The summed E-state index contributed by atoms with van der Waals surface area (Å²) in [6.45, 7) is 4.05. The van der Waals surface area contributed by atoms with Crippen molar-refractivity contribution in [3.8, 4) is 0 Å². The molecular weight excluding hydrogens is 238 g/mol. The topological polar surface area (TPSA) is 57.6 Å². The van der Waals surface area contributed by atoms with Crippen LogP contribution in [0.5, 0.6) is 0 Å². The molecule has 4 nitrogen and oxygen atoms in total. The number of aliphatic hydroxyl groups is 1. The van der Waals surface area contributed by atoms with Crippen LogP contribution in [0.1, 0.15) is 39.5 Å². The first-order chi connectivity index (χ1) is 7.68. The summed E-state index contributed by atoms with van der Waals surface area (Å²) in [6.07, 6.45) is 4.78. The van der Waals surface area contributed by atoms with Crippen LogP contribution in [0.2, 0.25) is 0 Å². The van der Waals surface area contributed by atoms with E-state index in [0.29, 0.717) is 6.42 Å². The predicted octanol–water partition coefficient (Wildman–Crippen LogP) is 1.04. The van der Waals surface area contributed by atoms with E-state index in [1.54, 1.807) is 0 Å². The molecule has 1 saturated carbocycles. The quantitative estimate of drug-likeness (QED) is 0.823. The lowest BCUT2D eigenvalue weighted by molar-refractivity contribution is 0.0323. The Balaban J connectivity index is 2.74. The fourth-order valence-electron chi connectivity index (χ4n) is 2.47. The molecule has 0 amide bonds. The normalized spacial score (nSPS) is 27.4. The third kappa shape index (κ3) is 3.66. The highest BCUT2D eigenvalue weighted by Crippen LogP contribution is 2.29. The average Bonchev–Trinajstić information content (AvgIpc) is 2.27. The molecule has 1 fully saturated rings. The van der Waals surface area contributed by atoms with E-state index in [2.05, 4.69) is 4.90 Å². The largest absolute Gasteiger partial charge is 0.394 e. The van der Waals surface area contributed by atoms with Crippen molar-refractivity contribution >= 4 is 9.84 Å². The summed E-state index contributed by atoms with van der Waals surface area (Å²) in [5.74, 6) is 0. The first-order valence-electron chi connectivity index (χ1n) is 6.21. The van der Waals surface area contributed by atoms with Gasteiger partial charge in [-0.25, -0.2) is 8.42 Å². The molecular formula is C12H25NO3S. The van der Waals surface area contributed by atoms with Gasteiger partial charge in [-0.2, -0.15) is 0 Å². The SMILES string of the molecule is CN(C1CCCC(S(C)(=O)=O)C1)C(C)(C)CO. The standard InChI is InChI=1S/C12H25NO3S/c1-12(2,9-14)13(3)10-6-5-7-11(8-10)17(4,15)16/h10-11,14H,5-9H2,1-4H3. The molecule has 17 heavy (non-hydrogen) atoms. The van der Waals surface area contributed by atoms with Crippen LogP contribution in [0.25, 0.3) is 0 Å². The lowest BCUT2D eigenvalue weighted by Crippen LogP contribution is -2.52. The molecule has 1 N–H and O–H groups in total. The van der Waals surface area contributed by atoms with Gasteiger partial charge in [0.25, 0.3) is 0 Å². The number of aliphatic hydroxyl groups excluding tert-OH is 1. The second-order valence-electron chi connectivity index (χ2n) is 5.85. The first-order valence-corrected chi connectivity index (χ1v) is 8.16. The van der Waals surface area contributed by atoms with E-state index in [1.807, 2.05) is 20.9 Å². The average molecular weight is 263 g/mol. The Morgan fingerprint density at radius 3 is 2.41 bits per heavy atom. The fraction of sp³-hybridized carbons (Fsp3) is 1.00. The summed E-state index contributed by atoms with van der Waals surface area (Å²) in [6, 6.07) is 0.255. The molecule has 0 aliphatic heterocycles. The van der Waals surface area contributed by atoms with E-state index < -0.39 is 9.84 Å². The lowest BCUT2D eigenvalue weighted by atomic mass is 9.90. The molecule has 5 heteroatoms. The van der Waals surface area contributed by atoms with Gasteiger partial charge in [0, 0.05) is 17.8 Å². The Bertz CT molecular complexity index is 351. The number of nitrogens with zero attached hydrogens (tertiary/aromatic N) is 1. The van der Waals surface area contributed by atoms with Gasteiger partial charge in [0.05, 0.1) is 11.9 Å². The van der Waals surface area contributed by atoms with Gasteiger partial charge in [0.15, 0.2) is 0 Å². The van der Waals surface area contributed by atoms with Crippen molar-refractivity contribution in [2.45, 2.75) is 56.4 Å². The molecule has 0 heterocycles. The van der Waals surface area contributed by atoms with Crippen molar-refractivity contribution in [2.75, 3.05) is 19.9 Å². The zero-order valence-corrected chi connectivity index (χ0v) is 12.1. The first kappa shape index (κ1) is 14.9. The van der Waals surface area contributed by atoms with Crippen molar-refractivity contribution in [3.63, 3.8) is 0 Å². The van der Waals surface area contributed by atoms with Crippen LogP contribution in [0.4, 0.5) is 0 Å². The maximum Gasteiger partial charge on any atom is 0.150 e. The minimum absolute atomic E-state index is 0.0868. The van der Waals surface area contributed by atoms with Crippen molar-refractivity contribution < 1.29 is 13.5 Å². The van der Waals surface area contributed by atoms with Crippen molar-refractivity contribution in [1.29, 1.82) is 0 Å². The molecule has 0 bridgehead atoms. The van der Waals surface area contributed by atoms with Gasteiger partial charge >= 0.3 is 0 Å². The van der Waals surface area contributed by atoms with Crippen molar-refractivity contribution in [2.24, 2.45) is 0 Å². The van der Waals surface area contributed by atoms with Crippen LogP contribution < -0.4 is 0 Å². The third-order valence-electron chi connectivity index (χ3n) is 4.09. The van der Waals surface area contributed by atoms with Gasteiger partial charge < -0.3 is 5.11 Å². The van der Waals surface area contributed by atoms with E-state index in [1.165, 1.54) is 6.26 Å². The minimum atomic E-state index is -2.93. The maximum atomic E-state index is 11.6. The zero-order valence-electron chi connectivity index (χ0n) is 11.3. The van der Waals surface area contributed by atoms with E-state index >= 15 is 0 Å². The van der Waals surface area contributed by atoms with Gasteiger partial charge in [-0.05, 0) is 40.2 Å². The predicted molar refractivity (Wildman–Crippen MR) is 69.8 cm³/mol. The van der Waals surface area contributed by atoms with E-state index in [0.717, 1.165) is 19.3 Å². The Morgan fingerprint density at radius 1 is 1.35 bits per heavy atom. The maximum absolute atomic E-state index is 11.6. The highest BCUT2D eigenvalue weighted by Gasteiger charge is 2.35. The van der Waals surface area contributed by atoms with Gasteiger partial charge in [-0.15, -0.1) is 0 Å². The van der Waals surface area contributed by atoms with E-state index in [4.69, 9.17) is 0 Å². The zero-order chi connectivity index (χ0) is 13.3. The Labute approximate surface area is 105 Å². The molecule has 0 aromatic heterocycles. The fourth-order valence-corrected chi connectivity index (χ4v) is 3.63. The van der Waals surface area contributed by atoms with Crippen LogP contribution in [-0.2, 0) is 9.84 Å². The molecule has 0 aromatic rings. The third-order valence-corrected chi connectivity index (χ3v) is 5.73. The van der Waals surface area contributed by atoms with Crippen molar-refractivity contribution in [3.05, 3.63) is 0 Å². The molecule has 2 atom stereocenters. The molecule has 1 aliphatic rings. The van der Waals surface area contributed by atoms with Crippen molar-refractivity contribution in [1.82, 2.24) is 4.90 Å². The van der Waals surface area contributed by atoms with Gasteiger partial charge in [0.2, 0.25) is 0 Å². The molecule has 2 unspecified atom stereocenters. The highest BCUT2D eigenvalue weighted by molar-refractivity contribution is 7.91. The van der Waals surface area contributed by atoms with Crippen LogP contribution in [-0.4, -0.2) is 55.2 Å². The summed E-state index contributed by atoms with van der Waals surface area (Å²) >= 11 is 0. The monoisotopic (exact) mass is 263 g/mol. The number of rotatable bonds is 4. The number of likely N-dealkylation sites (N-methyl/N-ethyl adjacent to an activating group) is 1. The van der Waals surface area contributed by atoms with Gasteiger partial charge in [0.1, 0.15) is 9.84 Å². The molecule has 1 rings (SSSR count). The Hall–Kier alpha value is -0.130. The molecule has 0 radical (unpaired) electrons. The molecule has 0 spiro atoms. The second-order valence-corrected chi connectivity index (χ2v) is 8.18. The van der Waals surface area contributed by atoms with Crippen LogP contribution in [0.15, 0.2) is 0 Å². The summed E-state index contributed by atoms with van der Waals surface area (Å²) < 4.78 is 23.2. The van der Waals surface area contributed by atoms with Crippen LogP contribution >= 0.6 is 0 Å². The van der Waals surface area contributed by atoms with Gasteiger partial charge in [-0.1, -0.05) is 6.42 Å². The summed E-state index contributed by atoms with van der Waals surface area (Å²) in [5.41, 5.74) is -0.288. The lowest BCUT2D eigenvalue weighted by Gasteiger charge is -2.43. The van der Waals surface area contributed by atoms with Crippen LogP contribution in [0, 0.1) is 0 Å². The number of hydrogen-bond acceptors (Lipinski definition) is 4. The summed E-state index contributed by atoms with van der Waals surface area (Å²) in [7, 11) is -0.956. The molecule has 0 saturated heterocycles. The summed E-state index contributed by atoms with van der Waals surface area (Å²) in [5, 5.41) is 9.15. The van der Waals surface area contributed by atoms with Crippen LogP contribution in [0.3, 0.4) is 0 Å². The van der Waals surface area contributed by atoms with Gasteiger partial charge in [-0.3, -0.25) is 4.90 Å². The second kappa shape index (κ2) is 5.24. The number of hydrogen-bond donors (Lipinski definition) is 1. The van der Waals surface area contributed by atoms with E-state index in [9.17, 15) is 13.5 Å². The smallest absolute Gasteiger partial charge is 0.150 e. The minimum Gasteiger partial charge on any atom is -0.394 e. The van der Waals surface area contributed by atoms with E-state index in [-0.39, 0.29) is 23.4 Å². The molecule has 102 valence electrons. The highest BCUT2D eigenvalue weighted by atomic mass is 32.2. The Morgan fingerprint density at radius 2 is 1.94 bits per heavy atom. The Kier molecular flexibility index (Phi) is 4.60. The number of sulfone groups is 1. The molecule has 1 aliphatic carbocycles. The summed E-state index contributed by atoms with van der Waals surface area (Å²) in [4.78, 5) is 2.13. The molecule has 0 aromatic carbocycles.